The topological polar surface area (TPSA) is 80.9 Å². The zero-order valence-electron chi connectivity index (χ0n) is 10.9. The van der Waals surface area contributed by atoms with Crippen LogP contribution in [-0.4, -0.2) is 31.3 Å². The highest BCUT2D eigenvalue weighted by molar-refractivity contribution is 6.42. The summed E-state index contributed by atoms with van der Waals surface area (Å²) in [5, 5.41) is 20.3. The van der Waals surface area contributed by atoms with Crippen LogP contribution in [0.15, 0.2) is 42.7 Å². The minimum atomic E-state index is -1.22. The SMILES string of the molecule is O=C(O)c1c(Cl)c(-c2ccccc2)cc(-n2cnnn2)c1Cl. The molecule has 3 aromatic rings. The minimum absolute atomic E-state index is 0.0236. The summed E-state index contributed by atoms with van der Waals surface area (Å²) in [6.45, 7) is 0. The molecule has 0 atom stereocenters. The van der Waals surface area contributed by atoms with Gasteiger partial charge in [-0.05, 0) is 22.1 Å². The van der Waals surface area contributed by atoms with E-state index in [-0.39, 0.29) is 15.6 Å². The molecule has 110 valence electrons. The fourth-order valence-corrected chi connectivity index (χ4v) is 2.78. The van der Waals surface area contributed by atoms with Crippen molar-refractivity contribution in [3.8, 4) is 16.8 Å². The molecule has 0 aliphatic carbocycles. The third kappa shape index (κ3) is 2.43. The summed E-state index contributed by atoms with van der Waals surface area (Å²) < 4.78 is 1.29. The summed E-state index contributed by atoms with van der Waals surface area (Å²) in [5.74, 6) is -1.22. The lowest BCUT2D eigenvalue weighted by Crippen LogP contribution is -2.06. The van der Waals surface area contributed by atoms with Crippen LogP contribution in [0.1, 0.15) is 10.4 Å². The normalized spacial score (nSPS) is 10.6. The molecule has 1 heterocycles. The monoisotopic (exact) mass is 334 g/mol. The lowest BCUT2D eigenvalue weighted by Gasteiger charge is -2.13. The summed E-state index contributed by atoms with van der Waals surface area (Å²) in [7, 11) is 0. The van der Waals surface area contributed by atoms with Gasteiger partial charge in [0, 0.05) is 5.56 Å². The molecule has 3 rings (SSSR count). The van der Waals surface area contributed by atoms with E-state index in [1.54, 1.807) is 6.07 Å². The molecule has 0 radical (unpaired) electrons. The van der Waals surface area contributed by atoms with Crippen LogP contribution in [-0.2, 0) is 0 Å². The van der Waals surface area contributed by atoms with Crippen molar-refractivity contribution in [2.24, 2.45) is 0 Å². The second kappa shape index (κ2) is 5.75. The molecular weight excluding hydrogens is 327 g/mol. The standard InChI is InChI=1S/C14H8Cl2N4O2/c15-12-9(8-4-2-1-3-5-8)6-10(20-7-17-18-19-20)13(16)11(12)14(21)22/h1-7H,(H,21,22). The summed E-state index contributed by atoms with van der Waals surface area (Å²) in [6.07, 6.45) is 1.33. The maximum atomic E-state index is 11.5. The highest BCUT2D eigenvalue weighted by Crippen LogP contribution is 2.38. The van der Waals surface area contributed by atoms with Crippen molar-refractivity contribution >= 4 is 29.2 Å². The smallest absolute Gasteiger partial charge is 0.338 e. The molecule has 6 nitrogen and oxygen atoms in total. The number of tetrazole rings is 1. The minimum Gasteiger partial charge on any atom is -0.478 e. The van der Waals surface area contributed by atoms with Crippen molar-refractivity contribution < 1.29 is 9.90 Å². The van der Waals surface area contributed by atoms with Gasteiger partial charge in [0.25, 0.3) is 0 Å². The van der Waals surface area contributed by atoms with E-state index in [9.17, 15) is 9.90 Å². The number of aromatic carboxylic acids is 1. The van der Waals surface area contributed by atoms with Gasteiger partial charge in [0.05, 0.1) is 21.3 Å². The van der Waals surface area contributed by atoms with Crippen molar-refractivity contribution in [1.29, 1.82) is 0 Å². The molecule has 0 aliphatic rings. The Morgan fingerprint density at radius 1 is 1.14 bits per heavy atom. The maximum absolute atomic E-state index is 11.5. The zero-order valence-corrected chi connectivity index (χ0v) is 12.5. The van der Waals surface area contributed by atoms with Gasteiger partial charge in [-0.15, -0.1) is 5.10 Å². The van der Waals surface area contributed by atoms with Crippen molar-refractivity contribution in [1.82, 2.24) is 20.2 Å². The molecule has 1 aromatic heterocycles. The lowest BCUT2D eigenvalue weighted by atomic mass is 10.0. The van der Waals surface area contributed by atoms with Crippen LogP contribution in [0, 0.1) is 0 Å². The summed E-state index contributed by atoms with van der Waals surface area (Å²) in [6, 6.07) is 10.8. The highest BCUT2D eigenvalue weighted by Gasteiger charge is 2.22. The number of carboxylic acid groups (broad SMARTS) is 1. The number of rotatable bonds is 3. The molecule has 0 spiro atoms. The van der Waals surface area contributed by atoms with Gasteiger partial charge in [0.1, 0.15) is 6.33 Å². The van der Waals surface area contributed by atoms with Crippen LogP contribution in [0.2, 0.25) is 10.0 Å². The highest BCUT2D eigenvalue weighted by atomic mass is 35.5. The molecule has 0 amide bonds. The van der Waals surface area contributed by atoms with Crippen LogP contribution >= 0.6 is 23.2 Å². The lowest BCUT2D eigenvalue weighted by molar-refractivity contribution is 0.0697. The van der Waals surface area contributed by atoms with E-state index in [4.69, 9.17) is 23.2 Å². The van der Waals surface area contributed by atoms with Crippen molar-refractivity contribution in [3.63, 3.8) is 0 Å². The van der Waals surface area contributed by atoms with Gasteiger partial charge in [-0.1, -0.05) is 53.5 Å². The van der Waals surface area contributed by atoms with Gasteiger partial charge in [-0.3, -0.25) is 0 Å². The number of benzene rings is 2. The second-order valence-corrected chi connectivity index (χ2v) is 5.13. The predicted octanol–water partition coefficient (Wildman–Crippen LogP) is 3.33. The molecule has 0 saturated carbocycles. The van der Waals surface area contributed by atoms with Crippen LogP contribution in [0.3, 0.4) is 0 Å². The Balaban J connectivity index is 2.34. The van der Waals surface area contributed by atoms with Gasteiger partial charge in [-0.2, -0.15) is 4.68 Å². The van der Waals surface area contributed by atoms with E-state index in [2.05, 4.69) is 15.5 Å². The van der Waals surface area contributed by atoms with Gasteiger partial charge < -0.3 is 5.11 Å². The van der Waals surface area contributed by atoms with Crippen molar-refractivity contribution in [2.45, 2.75) is 0 Å². The number of hydrogen-bond donors (Lipinski definition) is 1. The Kier molecular flexibility index (Phi) is 3.79. The van der Waals surface area contributed by atoms with Crippen LogP contribution in [0.25, 0.3) is 16.8 Å². The van der Waals surface area contributed by atoms with Crippen LogP contribution in [0.4, 0.5) is 0 Å². The van der Waals surface area contributed by atoms with Gasteiger partial charge in [-0.25, -0.2) is 4.79 Å². The molecule has 8 heteroatoms. The Hall–Kier alpha value is -2.44. The fraction of sp³-hybridized carbons (Fsp3) is 0. The van der Waals surface area contributed by atoms with Gasteiger partial charge in [0.15, 0.2) is 0 Å². The van der Waals surface area contributed by atoms with E-state index in [0.717, 1.165) is 5.56 Å². The molecule has 0 unspecified atom stereocenters. The van der Waals surface area contributed by atoms with E-state index >= 15 is 0 Å². The first-order valence-electron chi connectivity index (χ1n) is 6.13. The Morgan fingerprint density at radius 3 is 2.45 bits per heavy atom. The average Bonchev–Trinajstić information content (AvgIpc) is 3.02. The van der Waals surface area contributed by atoms with Crippen molar-refractivity contribution in [3.05, 3.63) is 58.3 Å². The number of nitrogens with zero attached hydrogens (tertiary/aromatic N) is 4. The Bertz CT molecular complexity index is 836. The first-order chi connectivity index (χ1) is 10.6. The number of carboxylic acids is 1. The molecule has 0 bridgehead atoms. The summed E-state index contributed by atoms with van der Waals surface area (Å²) in [5.41, 5.74) is 1.46. The molecule has 1 N–H and O–H groups in total. The molecule has 0 saturated heterocycles. The molecular formula is C14H8Cl2N4O2. The second-order valence-electron chi connectivity index (χ2n) is 4.37. The first kappa shape index (κ1) is 14.5. The summed E-state index contributed by atoms with van der Waals surface area (Å²) in [4.78, 5) is 11.5. The first-order valence-corrected chi connectivity index (χ1v) is 6.89. The fourth-order valence-electron chi connectivity index (χ4n) is 2.08. The number of carbonyl (C=O) groups is 1. The zero-order chi connectivity index (χ0) is 15.7. The van der Waals surface area contributed by atoms with E-state index < -0.39 is 5.97 Å². The third-order valence-electron chi connectivity index (χ3n) is 3.08. The summed E-state index contributed by atoms with van der Waals surface area (Å²) >= 11 is 12.4. The largest absolute Gasteiger partial charge is 0.478 e. The van der Waals surface area contributed by atoms with Gasteiger partial charge >= 0.3 is 5.97 Å². The number of aromatic nitrogens is 4. The Morgan fingerprint density at radius 2 is 1.86 bits per heavy atom. The maximum Gasteiger partial charge on any atom is 0.338 e. The van der Waals surface area contributed by atoms with E-state index in [1.807, 2.05) is 30.3 Å². The molecule has 0 fully saturated rings. The number of hydrogen-bond acceptors (Lipinski definition) is 4. The van der Waals surface area contributed by atoms with Crippen molar-refractivity contribution in [2.75, 3.05) is 0 Å². The molecule has 2 aromatic carbocycles. The third-order valence-corrected chi connectivity index (χ3v) is 3.85. The number of halogens is 2. The van der Waals surface area contributed by atoms with Crippen LogP contribution < -0.4 is 0 Å². The molecule has 22 heavy (non-hydrogen) atoms. The predicted molar refractivity (Wildman–Crippen MR) is 81.6 cm³/mol. The quantitative estimate of drug-likeness (QED) is 0.794. The Labute approximate surface area is 134 Å². The van der Waals surface area contributed by atoms with Gasteiger partial charge in [0.2, 0.25) is 0 Å². The average molecular weight is 335 g/mol. The molecule has 0 aliphatic heterocycles. The van der Waals surface area contributed by atoms with Crippen LogP contribution in [0.5, 0.6) is 0 Å². The van der Waals surface area contributed by atoms with E-state index in [0.29, 0.717) is 11.3 Å². The van der Waals surface area contributed by atoms with E-state index in [1.165, 1.54) is 11.0 Å².